The van der Waals surface area contributed by atoms with Crippen molar-refractivity contribution in [1.82, 2.24) is 19.9 Å². The summed E-state index contributed by atoms with van der Waals surface area (Å²) in [6.07, 6.45) is 6.56. The van der Waals surface area contributed by atoms with Crippen LogP contribution in [0, 0.1) is 0 Å². The first-order valence-corrected chi connectivity index (χ1v) is 12.8. The second-order valence-corrected chi connectivity index (χ2v) is 9.23. The Labute approximate surface area is 218 Å². The molecule has 0 radical (unpaired) electrons. The van der Waals surface area contributed by atoms with Crippen LogP contribution in [-0.4, -0.2) is 41.3 Å². The van der Waals surface area contributed by atoms with E-state index >= 15 is 0 Å². The summed E-state index contributed by atoms with van der Waals surface area (Å²) in [5, 5.41) is 2.10. The third-order valence-corrected chi connectivity index (χ3v) is 6.60. The molecule has 2 aromatic heterocycles. The first-order valence-electron chi connectivity index (χ1n) is 10.4. The van der Waals surface area contributed by atoms with Crippen molar-refractivity contribution in [3.05, 3.63) is 89.6 Å². The van der Waals surface area contributed by atoms with E-state index in [2.05, 4.69) is 19.9 Å². The molecule has 0 unspecified atom stereocenters. The Morgan fingerprint density at radius 1 is 0.629 bits per heavy atom. The summed E-state index contributed by atoms with van der Waals surface area (Å²) in [5.74, 6) is 3.94. The van der Waals surface area contributed by atoms with Crippen molar-refractivity contribution >= 4 is 35.1 Å². The summed E-state index contributed by atoms with van der Waals surface area (Å²) in [5.41, 5.74) is 2.42. The van der Waals surface area contributed by atoms with Crippen LogP contribution in [0.15, 0.2) is 83.4 Å². The van der Waals surface area contributed by atoms with Gasteiger partial charge < -0.3 is 14.2 Å². The molecule has 0 fully saturated rings. The van der Waals surface area contributed by atoms with E-state index < -0.39 is 0 Å². The molecule has 0 saturated carbocycles. The van der Waals surface area contributed by atoms with Gasteiger partial charge in [0.2, 0.25) is 5.88 Å². The number of aromatic nitrogens is 4. The Balaban J connectivity index is 0.000000196. The second-order valence-electron chi connectivity index (χ2n) is 6.85. The summed E-state index contributed by atoms with van der Waals surface area (Å²) in [4.78, 5) is 16.5. The molecule has 0 aliphatic heterocycles. The molecular weight excluding hydrogens is 504 g/mol. The van der Waals surface area contributed by atoms with Crippen molar-refractivity contribution in [1.29, 1.82) is 0 Å². The predicted octanol–water partition coefficient (Wildman–Crippen LogP) is 6.22. The lowest BCUT2D eigenvalue weighted by Crippen LogP contribution is -1.91. The summed E-state index contributed by atoms with van der Waals surface area (Å²) in [7, 11) is 4.91. The zero-order valence-corrected chi connectivity index (χ0v) is 21.9. The third-order valence-electron chi connectivity index (χ3n) is 4.47. The van der Waals surface area contributed by atoms with Crippen LogP contribution in [0.4, 0.5) is 0 Å². The lowest BCUT2D eigenvalue weighted by Gasteiger charge is -2.04. The summed E-state index contributed by atoms with van der Waals surface area (Å²) in [6.45, 7) is 0. The number of ether oxygens (including phenoxy) is 3. The summed E-state index contributed by atoms with van der Waals surface area (Å²) in [6, 6.07) is 15.9. The van der Waals surface area contributed by atoms with E-state index in [-0.39, 0.29) is 0 Å². The monoisotopic (exact) mass is 528 g/mol. The highest BCUT2D eigenvalue weighted by Crippen LogP contribution is 2.24. The van der Waals surface area contributed by atoms with Crippen molar-refractivity contribution in [2.75, 3.05) is 21.3 Å². The maximum absolute atomic E-state index is 5.76. The Morgan fingerprint density at radius 2 is 1.11 bits per heavy atom. The van der Waals surface area contributed by atoms with Gasteiger partial charge in [-0.05, 0) is 35.4 Å². The van der Waals surface area contributed by atoms with Gasteiger partial charge in [-0.25, -0.2) is 9.97 Å². The second kappa shape index (κ2) is 14.4. The first-order chi connectivity index (χ1) is 17.1. The van der Waals surface area contributed by atoms with Crippen molar-refractivity contribution in [3.63, 3.8) is 0 Å². The van der Waals surface area contributed by atoms with Crippen LogP contribution in [-0.2, 0) is 11.5 Å². The quantitative estimate of drug-likeness (QED) is 0.235. The first kappa shape index (κ1) is 26.6. The van der Waals surface area contributed by atoms with E-state index in [4.69, 9.17) is 25.8 Å². The van der Waals surface area contributed by atoms with Crippen LogP contribution in [0.1, 0.15) is 11.1 Å². The van der Waals surface area contributed by atoms with Crippen molar-refractivity contribution < 1.29 is 14.2 Å². The number of rotatable bonds is 9. The molecule has 2 heterocycles. The average Bonchev–Trinajstić information content (AvgIpc) is 2.92. The van der Waals surface area contributed by atoms with Crippen LogP contribution >= 0.6 is 35.1 Å². The van der Waals surface area contributed by atoms with Gasteiger partial charge in [0.1, 0.15) is 26.7 Å². The van der Waals surface area contributed by atoms with Crippen LogP contribution < -0.4 is 14.2 Å². The molecule has 0 saturated heterocycles. The molecule has 0 atom stereocenters. The zero-order chi connectivity index (χ0) is 24.9. The van der Waals surface area contributed by atoms with E-state index in [1.54, 1.807) is 63.4 Å². The number of halogens is 1. The van der Waals surface area contributed by atoms with Crippen LogP contribution in [0.3, 0.4) is 0 Å². The number of thioether (sulfide) groups is 2. The highest BCUT2D eigenvalue weighted by Gasteiger charge is 2.02. The van der Waals surface area contributed by atoms with Crippen LogP contribution in [0.25, 0.3) is 0 Å². The van der Waals surface area contributed by atoms with Crippen LogP contribution in [0.2, 0.25) is 5.15 Å². The van der Waals surface area contributed by atoms with Gasteiger partial charge in [0.25, 0.3) is 0 Å². The van der Waals surface area contributed by atoms with Gasteiger partial charge in [0.15, 0.2) is 0 Å². The molecule has 2 aromatic carbocycles. The normalized spacial score (nSPS) is 10.2. The third kappa shape index (κ3) is 9.28. The fourth-order valence-electron chi connectivity index (χ4n) is 2.65. The molecule has 35 heavy (non-hydrogen) atoms. The van der Waals surface area contributed by atoms with Gasteiger partial charge in [0.05, 0.1) is 46.1 Å². The Kier molecular flexibility index (Phi) is 10.9. The molecule has 0 aliphatic rings. The van der Waals surface area contributed by atoms with Gasteiger partial charge in [-0.1, -0.05) is 47.6 Å². The largest absolute Gasteiger partial charge is 0.497 e. The smallest absolute Gasteiger partial charge is 0.233 e. The SMILES string of the molecule is COc1ccc(CSc2cncc(Cl)n2)cc1.COc1ccc(CSc2cncc(OC)n2)cc1. The number of hydrogen-bond acceptors (Lipinski definition) is 9. The maximum atomic E-state index is 5.76. The van der Waals surface area contributed by atoms with Gasteiger partial charge in [0, 0.05) is 11.5 Å². The van der Waals surface area contributed by atoms with E-state index in [9.17, 15) is 0 Å². The average molecular weight is 529 g/mol. The molecule has 0 aliphatic carbocycles. The highest BCUT2D eigenvalue weighted by molar-refractivity contribution is 7.98. The topological polar surface area (TPSA) is 79.3 Å². The minimum Gasteiger partial charge on any atom is -0.497 e. The number of benzene rings is 2. The molecule has 4 aromatic rings. The van der Waals surface area contributed by atoms with E-state index in [1.807, 2.05) is 48.5 Å². The fourth-order valence-corrected chi connectivity index (χ4v) is 4.45. The lowest BCUT2D eigenvalue weighted by molar-refractivity contribution is 0.392. The molecule has 0 bridgehead atoms. The van der Waals surface area contributed by atoms with Crippen molar-refractivity contribution in [2.24, 2.45) is 0 Å². The van der Waals surface area contributed by atoms with Gasteiger partial charge in [-0.3, -0.25) is 9.97 Å². The van der Waals surface area contributed by atoms with Crippen LogP contribution in [0.5, 0.6) is 17.4 Å². The molecule has 10 heteroatoms. The number of hydrogen-bond donors (Lipinski definition) is 0. The maximum Gasteiger partial charge on any atom is 0.233 e. The molecule has 7 nitrogen and oxygen atoms in total. The lowest BCUT2D eigenvalue weighted by atomic mass is 10.2. The molecule has 0 spiro atoms. The van der Waals surface area contributed by atoms with Gasteiger partial charge >= 0.3 is 0 Å². The van der Waals surface area contributed by atoms with Crippen molar-refractivity contribution in [3.8, 4) is 17.4 Å². The van der Waals surface area contributed by atoms with E-state index in [0.717, 1.165) is 33.1 Å². The Bertz CT molecular complexity index is 1180. The highest BCUT2D eigenvalue weighted by atomic mass is 35.5. The molecular formula is C25H25ClN4O3S2. The fraction of sp³-hybridized carbons (Fsp3) is 0.200. The van der Waals surface area contributed by atoms with Crippen molar-refractivity contribution in [2.45, 2.75) is 21.6 Å². The summed E-state index contributed by atoms with van der Waals surface area (Å²) >= 11 is 8.99. The number of methoxy groups -OCH3 is 3. The molecule has 0 amide bonds. The minimum atomic E-state index is 0.421. The predicted molar refractivity (Wildman–Crippen MR) is 141 cm³/mol. The molecule has 4 rings (SSSR count). The zero-order valence-electron chi connectivity index (χ0n) is 19.6. The molecule has 0 N–H and O–H groups in total. The standard InChI is InChI=1S/C13H14N2O2S.C12H11ClN2OS/c1-16-11-5-3-10(4-6-11)9-18-13-8-14-7-12(15-13)17-2;1-16-10-4-2-9(3-5-10)8-17-12-7-14-6-11(13)15-12/h3-8H,9H2,1-2H3;2-7H,8H2,1H3. The van der Waals surface area contributed by atoms with Gasteiger partial charge in [-0.2, -0.15) is 0 Å². The van der Waals surface area contributed by atoms with E-state index in [1.165, 1.54) is 17.3 Å². The summed E-state index contributed by atoms with van der Waals surface area (Å²) < 4.78 is 15.3. The molecule has 182 valence electrons. The Hall–Kier alpha value is -3.01. The van der Waals surface area contributed by atoms with Gasteiger partial charge in [-0.15, -0.1) is 11.8 Å². The Morgan fingerprint density at radius 3 is 1.57 bits per heavy atom. The number of nitrogens with zero attached hydrogens (tertiary/aromatic N) is 4. The minimum absolute atomic E-state index is 0.421. The van der Waals surface area contributed by atoms with E-state index in [0.29, 0.717) is 11.0 Å².